The van der Waals surface area contributed by atoms with Crippen LogP contribution in [0.2, 0.25) is 0 Å². The van der Waals surface area contributed by atoms with Gasteiger partial charge in [0, 0.05) is 44.1 Å². The molecule has 1 amide bonds. The predicted octanol–water partition coefficient (Wildman–Crippen LogP) is 2.68. The molecule has 0 spiro atoms. The Morgan fingerprint density at radius 3 is 2.35 bits per heavy atom. The molecule has 5 nitrogen and oxygen atoms in total. The summed E-state index contributed by atoms with van der Waals surface area (Å²) in [5.74, 6) is 0.422. The second kappa shape index (κ2) is 10.4. The third-order valence-electron chi connectivity index (χ3n) is 5.06. The van der Waals surface area contributed by atoms with Gasteiger partial charge in [0.2, 0.25) is 5.91 Å². The molecule has 1 aromatic rings. The maximum atomic E-state index is 12.2. The Hall–Kier alpha value is -1.72. The summed E-state index contributed by atoms with van der Waals surface area (Å²) in [6, 6.07) is 7.96. The first-order valence-corrected chi connectivity index (χ1v) is 9.72. The van der Waals surface area contributed by atoms with Crippen molar-refractivity contribution in [3.05, 3.63) is 35.4 Å². The Morgan fingerprint density at radius 2 is 1.77 bits per heavy atom. The van der Waals surface area contributed by atoms with Crippen LogP contribution in [0.5, 0.6) is 0 Å². The first-order valence-electron chi connectivity index (χ1n) is 9.72. The van der Waals surface area contributed by atoms with E-state index in [2.05, 4.69) is 31.0 Å². The molecule has 0 aromatic heterocycles. The third-order valence-corrected chi connectivity index (χ3v) is 5.06. The number of ether oxygens (including phenoxy) is 1. The fraction of sp³-hybridized carbons (Fsp3) is 0.619. The molecule has 0 saturated carbocycles. The summed E-state index contributed by atoms with van der Waals surface area (Å²) < 4.78 is 5.41. The number of ketones is 1. The van der Waals surface area contributed by atoms with Gasteiger partial charge in [0.05, 0.1) is 13.2 Å². The molecule has 1 fully saturated rings. The number of amides is 1. The van der Waals surface area contributed by atoms with Crippen LogP contribution >= 0.6 is 0 Å². The smallest absolute Gasteiger partial charge is 0.220 e. The minimum atomic E-state index is -0.0533. The van der Waals surface area contributed by atoms with Gasteiger partial charge in [-0.25, -0.2) is 0 Å². The number of nitrogens with zero attached hydrogens (tertiary/aromatic N) is 1. The predicted molar refractivity (Wildman–Crippen MR) is 103 cm³/mol. The van der Waals surface area contributed by atoms with Crippen LogP contribution in [0.1, 0.15) is 49.5 Å². The minimum absolute atomic E-state index is 0.0244. The summed E-state index contributed by atoms with van der Waals surface area (Å²) >= 11 is 0. The van der Waals surface area contributed by atoms with Crippen LogP contribution in [-0.2, 0) is 16.0 Å². The van der Waals surface area contributed by atoms with Gasteiger partial charge in [0.1, 0.15) is 0 Å². The number of aryl methyl sites for hydroxylation is 1. The number of hydrogen-bond donors (Lipinski definition) is 1. The number of carbonyl (C=O) groups is 2. The normalized spacial score (nSPS) is 16.5. The monoisotopic (exact) mass is 360 g/mol. The molecule has 1 aliphatic rings. The largest absolute Gasteiger partial charge is 0.379 e. The Labute approximate surface area is 157 Å². The number of nitrogens with one attached hydrogen (secondary N) is 1. The molecule has 0 aliphatic carbocycles. The van der Waals surface area contributed by atoms with Gasteiger partial charge in [-0.3, -0.25) is 14.5 Å². The van der Waals surface area contributed by atoms with Crippen molar-refractivity contribution in [1.29, 1.82) is 0 Å². The van der Waals surface area contributed by atoms with Crippen LogP contribution in [0.4, 0.5) is 0 Å². The highest BCUT2D eigenvalue weighted by atomic mass is 16.5. The van der Waals surface area contributed by atoms with Crippen LogP contribution in [0.15, 0.2) is 24.3 Å². The maximum Gasteiger partial charge on any atom is 0.220 e. The second-order valence-electron chi connectivity index (χ2n) is 7.24. The molecule has 1 unspecified atom stereocenters. The summed E-state index contributed by atoms with van der Waals surface area (Å²) in [6.07, 6.45) is 1.44. The van der Waals surface area contributed by atoms with E-state index in [1.807, 2.05) is 24.3 Å². The van der Waals surface area contributed by atoms with Crippen LogP contribution in [0.25, 0.3) is 0 Å². The minimum Gasteiger partial charge on any atom is -0.379 e. The van der Waals surface area contributed by atoms with Gasteiger partial charge in [-0.15, -0.1) is 0 Å². The average Bonchev–Trinajstić information content (AvgIpc) is 2.67. The van der Waals surface area contributed by atoms with Crippen molar-refractivity contribution in [3.8, 4) is 0 Å². The second-order valence-corrected chi connectivity index (χ2v) is 7.24. The molecule has 0 bridgehead atoms. The van der Waals surface area contributed by atoms with Crippen LogP contribution in [0, 0.1) is 5.92 Å². The summed E-state index contributed by atoms with van der Waals surface area (Å²) in [6.45, 7) is 10.4. The van der Waals surface area contributed by atoms with Gasteiger partial charge in [-0.1, -0.05) is 45.0 Å². The molecule has 1 saturated heterocycles. The lowest BCUT2D eigenvalue weighted by molar-refractivity contribution is -0.121. The Balaban J connectivity index is 1.76. The molecule has 26 heavy (non-hydrogen) atoms. The van der Waals surface area contributed by atoms with Crippen molar-refractivity contribution in [3.63, 3.8) is 0 Å². The van der Waals surface area contributed by atoms with E-state index in [1.54, 1.807) is 0 Å². The molecule has 5 heteroatoms. The van der Waals surface area contributed by atoms with Crippen LogP contribution in [-0.4, -0.2) is 55.5 Å². The summed E-state index contributed by atoms with van der Waals surface area (Å²) in [7, 11) is 0. The molecule has 1 N–H and O–H groups in total. The van der Waals surface area contributed by atoms with Gasteiger partial charge in [-0.2, -0.15) is 0 Å². The highest BCUT2D eigenvalue weighted by Gasteiger charge is 2.24. The number of benzene rings is 1. The Bertz CT molecular complexity index is 577. The highest BCUT2D eigenvalue weighted by molar-refractivity contribution is 5.97. The van der Waals surface area contributed by atoms with Crippen molar-refractivity contribution in [2.24, 2.45) is 5.92 Å². The van der Waals surface area contributed by atoms with Crippen LogP contribution < -0.4 is 5.32 Å². The quantitative estimate of drug-likeness (QED) is 0.688. The van der Waals surface area contributed by atoms with E-state index >= 15 is 0 Å². The summed E-state index contributed by atoms with van der Waals surface area (Å²) in [5, 5.41) is 3.01. The zero-order valence-corrected chi connectivity index (χ0v) is 16.3. The van der Waals surface area contributed by atoms with Crippen molar-refractivity contribution < 1.29 is 14.3 Å². The van der Waals surface area contributed by atoms with E-state index in [0.29, 0.717) is 24.1 Å². The molecule has 1 aliphatic heterocycles. The molecular weight excluding hydrogens is 328 g/mol. The first kappa shape index (κ1) is 20.6. The van der Waals surface area contributed by atoms with E-state index in [1.165, 1.54) is 5.56 Å². The van der Waals surface area contributed by atoms with E-state index in [4.69, 9.17) is 4.74 Å². The molecule has 1 atom stereocenters. The van der Waals surface area contributed by atoms with Crippen molar-refractivity contribution >= 4 is 11.7 Å². The molecule has 1 aromatic carbocycles. The van der Waals surface area contributed by atoms with Gasteiger partial charge in [0.15, 0.2) is 5.78 Å². The standard InChI is InChI=1S/C21H32N2O3/c1-4-17-5-7-18(8-6-17)20(24)9-10-21(25)22-15-19(16(2)3)23-11-13-26-14-12-23/h5-8,16,19H,4,9-15H2,1-3H3,(H,22,25). The fourth-order valence-electron chi connectivity index (χ4n) is 3.30. The fourth-order valence-corrected chi connectivity index (χ4v) is 3.30. The number of Topliss-reactive ketones (excluding diaryl/α,β-unsaturated/α-hetero) is 1. The van der Waals surface area contributed by atoms with E-state index < -0.39 is 0 Å². The maximum absolute atomic E-state index is 12.2. The van der Waals surface area contributed by atoms with E-state index in [-0.39, 0.29) is 24.5 Å². The Morgan fingerprint density at radius 1 is 1.12 bits per heavy atom. The van der Waals surface area contributed by atoms with Gasteiger partial charge >= 0.3 is 0 Å². The highest BCUT2D eigenvalue weighted by Crippen LogP contribution is 2.13. The summed E-state index contributed by atoms with van der Waals surface area (Å²) in [5.41, 5.74) is 1.89. The number of hydrogen-bond acceptors (Lipinski definition) is 4. The van der Waals surface area contributed by atoms with Gasteiger partial charge in [-0.05, 0) is 17.9 Å². The number of rotatable bonds is 9. The van der Waals surface area contributed by atoms with Crippen molar-refractivity contribution in [2.75, 3.05) is 32.8 Å². The SMILES string of the molecule is CCc1ccc(C(=O)CCC(=O)NCC(C(C)C)N2CCOCC2)cc1. The third kappa shape index (κ3) is 6.22. The first-order chi connectivity index (χ1) is 12.5. The molecule has 144 valence electrons. The lowest BCUT2D eigenvalue weighted by Gasteiger charge is -2.36. The molecule has 2 rings (SSSR count). The average molecular weight is 360 g/mol. The topological polar surface area (TPSA) is 58.6 Å². The van der Waals surface area contributed by atoms with Gasteiger partial charge in [0.25, 0.3) is 0 Å². The van der Waals surface area contributed by atoms with Crippen molar-refractivity contribution in [2.45, 2.75) is 46.1 Å². The van der Waals surface area contributed by atoms with E-state index in [9.17, 15) is 9.59 Å². The molecule has 0 radical (unpaired) electrons. The zero-order valence-electron chi connectivity index (χ0n) is 16.3. The molecular formula is C21H32N2O3. The van der Waals surface area contributed by atoms with E-state index in [0.717, 1.165) is 32.7 Å². The lowest BCUT2D eigenvalue weighted by atomic mass is 10.0. The zero-order chi connectivity index (χ0) is 18.9. The van der Waals surface area contributed by atoms with Gasteiger partial charge < -0.3 is 10.1 Å². The van der Waals surface area contributed by atoms with Crippen LogP contribution in [0.3, 0.4) is 0 Å². The lowest BCUT2D eigenvalue weighted by Crippen LogP contribution is -2.51. The number of carbonyl (C=O) groups excluding carboxylic acids is 2. The summed E-state index contributed by atoms with van der Waals surface area (Å²) in [4.78, 5) is 26.8. The Kier molecular flexibility index (Phi) is 8.26. The molecule has 1 heterocycles. The van der Waals surface area contributed by atoms with Crippen molar-refractivity contribution in [1.82, 2.24) is 10.2 Å². The number of morpholine rings is 1.